The van der Waals surface area contributed by atoms with Gasteiger partial charge < -0.3 is 4.74 Å². The molecular formula is C13H8ClNO4. The van der Waals surface area contributed by atoms with Gasteiger partial charge >= 0.3 is 0 Å². The molecule has 0 amide bonds. The van der Waals surface area contributed by atoms with E-state index in [0.29, 0.717) is 22.6 Å². The van der Waals surface area contributed by atoms with Gasteiger partial charge in [0.25, 0.3) is 5.69 Å². The van der Waals surface area contributed by atoms with E-state index in [-0.39, 0.29) is 11.4 Å². The van der Waals surface area contributed by atoms with Crippen LogP contribution in [0.25, 0.3) is 0 Å². The van der Waals surface area contributed by atoms with Crippen molar-refractivity contribution in [2.75, 3.05) is 0 Å². The van der Waals surface area contributed by atoms with Crippen LogP contribution in [0.2, 0.25) is 5.02 Å². The molecular weight excluding hydrogens is 270 g/mol. The smallest absolute Gasteiger partial charge is 0.269 e. The minimum absolute atomic E-state index is 0.0397. The van der Waals surface area contributed by atoms with Gasteiger partial charge in [0, 0.05) is 12.1 Å². The molecule has 0 saturated heterocycles. The van der Waals surface area contributed by atoms with Gasteiger partial charge in [-0.25, -0.2) is 0 Å². The molecule has 0 unspecified atom stereocenters. The molecule has 0 aliphatic heterocycles. The first kappa shape index (κ1) is 13.0. The highest BCUT2D eigenvalue weighted by Crippen LogP contribution is 2.32. The van der Waals surface area contributed by atoms with Crippen LogP contribution < -0.4 is 4.74 Å². The van der Waals surface area contributed by atoms with E-state index in [9.17, 15) is 14.9 Å². The summed E-state index contributed by atoms with van der Waals surface area (Å²) in [5.41, 5.74) is 0.271. The predicted octanol–water partition coefficient (Wildman–Crippen LogP) is 3.85. The summed E-state index contributed by atoms with van der Waals surface area (Å²) in [5, 5.41) is 10.8. The second kappa shape index (κ2) is 5.49. The lowest BCUT2D eigenvalue weighted by Crippen LogP contribution is -1.92. The Bertz CT molecular complexity index is 625. The number of carbonyl (C=O) groups excluding carboxylic acids is 1. The van der Waals surface area contributed by atoms with Crippen molar-refractivity contribution in [3.63, 3.8) is 0 Å². The molecule has 2 aromatic rings. The van der Waals surface area contributed by atoms with Gasteiger partial charge in [-0.15, -0.1) is 0 Å². The minimum Gasteiger partial charge on any atom is -0.455 e. The zero-order valence-corrected chi connectivity index (χ0v) is 10.3. The van der Waals surface area contributed by atoms with Crippen LogP contribution in [0.3, 0.4) is 0 Å². The number of para-hydroxylation sites is 1. The first-order valence-corrected chi connectivity index (χ1v) is 5.65. The van der Waals surface area contributed by atoms with Gasteiger partial charge in [-0.05, 0) is 24.3 Å². The van der Waals surface area contributed by atoms with Crippen molar-refractivity contribution < 1.29 is 14.5 Å². The number of hydrogen-bond acceptors (Lipinski definition) is 4. The number of aldehydes is 1. The van der Waals surface area contributed by atoms with E-state index in [1.807, 2.05) is 0 Å². The third-order valence-electron chi connectivity index (χ3n) is 2.39. The first-order chi connectivity index (χ1) is 9.11. The number of nitro groups is 1. The summed E-state index contributed by atoms with van der Waals surface area (Å²) in [4.78, 5) is 20.9. The summed E-state index contributed by atoms with van der Waals surface area (Å²) in [6.45, 7) is 0. The largest absolute Gasteiger partial charge is 0.455 e. The molecule has 0 aromatic heterocycles. The quantitative estimate of drug-likeness (QED) is 0.483. The molecule has 0 heterocycles. The van der Waals surface area contributed by atoms with E-state index in [1.165, 1.54) is 24.3 Å². The second-order valence-corrected chi connectivity index (χ2v) is 4.04. The van der Waals surface area contributed by atoms with Crippen molar-refractivity contribution >= 4 is 23.6 Å². The van der Waals surface area contributed by atoms with E-state index >= 15 is 0 Å². The molecule has 0 radical (unpaired) electrons. The highest BCUT2D eigenvalue weighted by Gasteiger charge is 2.10. The molecule has 0 fully saturated rings. The number of hydrogen-bond donors (Lipinski definition) is 0. The molecule has 0 saturated carbocycles. The number of carbonyl (C=O) groups is 1. The lowest BCUT2D eigenvalue weighted by Gasteiger charge is -2.09. The van der Waals surface area contributed by atoms with E-state index in [4.69, 9.17) is 16.3 Å². The average Bonchev–Trinajstić information content (AvgIpc) is 2.41. The second-order valence-electron chi connectivity index (χ2n) is 3.63. The number of nitrogens with zero attached hydrogens (tertiary/aromatic N) is 1. The standard InChI is InChI=1S/C13H8ClNO4/c14-12-3-1-2-9(8-16)13(12)19-11-6-4-10(5-7-11)15(17)18/h1-8H. The number of halogens is 1. The Kier molecular flexibility index (Phi) is 3.77. The van der Waals surface area contributed by atoms with Gasteiger partial charge in [-0.3, -0.25) is 14.9 Å². The summed E-state index contributed by atoms with van der Waals surface area (Å²) < 4.78 is 5.48. The molecule has 0 atom stereocenters. The van der Waals surface area contributed by atoms with Crippen LogP contribution in [-0.2, 0) is 0 Å². The van der Waals surface area contributed by atoms with Crippen LogP contribution in [0.4, 0.5) is 5.69 Å². The average molecular weight is 278 g/mol. The third kappa shape index (κ3) is 2.89. The van der Waals surface area contributed by atoms with E-state index < -0.39 is 4.92 Å². The maximum atomic E-state index is 10.9. The Morgan fingerprint density at radius 2 is 1.84 bits per heavy atom. The van der Waals surface area contributed by atoms with Crippen LogP contribution in [-0.4, -0.2) is 11.2 Å². The fourth-order valence-corrected chi connectivity index (χ4v) is 1.70. The molecule has 0 bridgehead atoms. The van der Waals surface area contributed by atoms with Gasteiger partial charge in [-0.1, -0.05) is 17.7 Å². The topological polar surface area (TPSA) is 69.4 Å². The van der Waals surface area contributed by atoms with Gasteiger partial charge in [-0.2, -0.15) is 0 Å². The molecule has 5 nitrogen and oxygen atoms in total. The molecule has 2 rings (SSSR count). The maximum absolute atomic E-state index is 10.9. The molecule has 96 valence electrons. The summed E-state index contributed by atoms with van der Waals surface area (Å²) in [6.07, 6.45) is 0.632. The monoisotopic (exact) mass is 277 g/mol. The van der Waals surface area contributed by atoms with E-state index in [0.717, 1.165) is 0 Å². The lowest BCUT2D eigenvalue weighted by atomic mass is 10.2. The SMILES string of the molecule is O=Cc1cccc(Cl)c1Oc1ccc([N+](=O)[O-])cc1. The summed E-state index contributed by atoms with van der Waals surface area (Å²) in [5.74, 6) is 0.592. The number of ether oxygens (including phenoxy) is 1. The number of benzene rings is 2. The lowest BCUT2D eigenvalue weighted by molar-refractivity contribution is -0.384. The zero-order chi connectivity index (χ0) is 13.8. The van der Waals surface area contributed by atoms with Crippen LogP contribution in [0.1, 0.15) is 10.4 Å². The van der Waals surface area contributed by atoms with Gasteiger partial charge in [0.1, 0.15) is 5.75 Å². The summed E-state index contributed by atoms with van der Waals surface area (Å²) in [6, 6.07) is 10.3. The number of non-ortho nitro benzene ring substituents is 1. The van der Waals surface area contributed by atoms with Crippen molar-refractivity contribution in [2.45, 2.75) is 0 Å². The van der Waals surface area contributed by atoms with Crippen LogP contribution in [0, 0.1) is 10.1 Å². The Labute approximate surface area is 113 Å². The van der Waals surface area contributed by atoms with Gasteiger partial charge in [0.2, 0.25) is 0 Å². The Hall–Kier alpha value is -2.40. The van der Waals surface area contributed by atoms with Crippen LogP contribution in [0.5, 0.6) is 11.5 Å². The highest BCUT2D eigenvalue weighted by molar-refractivity contribution is 6.32. The summed E-state index contributed by atoms with van der Waals surface area (Å²) in [7, 11) is 0. The molecule has 0 aliphatic carbocycles. The predicted molar refractivity (Wildman–Crippen MR) is 70.0 cm³/mol. The third-order valence-corrected chi connectivity index (χ3v) is 2.69. The maximum Gasteiger partial charge on any atom is 0.269 e. The normalized spacial score (nSPS) is 9.95. The molecule has 0 aliphatic rings. The van der Waals surface area contributed by atoms with Crippen LogP contribution >= 0.6 is 11.6 Å². The minimum atomic E-state index is -0.504. The fraction of sp³-hybridized carbons (Fsp3) is 0. The molecule has 0 N–H and O–H groups in total. The molecule has 6 heteroatoms. The van der Waals surface area contributed by atoms with Crippen LogP contribution in [0.15, 0.2) is 42.5 Å². The first-order valence-electron chi connectivity index (χ1n) is 5.28. The van der Waals surface area contributed by atoms with Crippen molar-refractivity contribution in [2.24, 2.45) is 0 Å². The Morgan fingerprint density at radius 1 is 1.16 bits per heavy atom. The van der Waals surface area contributed by atoms with Crippen molar-refractivity contribution in [1.29, 1.82) is 0 Å². The fourth-order valence-electron chi connectivity index (χ4n) is 1.48. The zero-order valence-electron chi connectivity index (χ0n) is 9.58. The van der Waals surface area contributed by atoms with Crippen molar-refractivity contribution in [3.05, 3.63) is 63.2 Å². The Morgan fingerprint density at radius 3 is 2.42 bits per heavy atom. The Balaban J connectivity index is 2.31. The molecule has 0 spiro atoms. The van der Waals surface area contributed by atoms with E-state index in [2.05, 4.69) is 0 Å². The number of rotatable bonds is 4. The number of nitro benzene ring substituents is 1. The highest BCUT2D eigenvalue weighted by atomic mass is 35.5. The molecule has 19 heavy (non-hydrogen) atoms. The van der Waals surface area contributed by atoms with Gasteiger partial charge in [0.15, 0.2) is 12.0 Å². The van der Waals surface area contributed by atoms with Gasteiger partial charge in [0.05, 0.1) is 15.5 Å². The van der Waals surface area contributed by atoms with E-state index in [1.54, 1.807) is 18.2 Å². The van der Waals surface area contributed by atoms with Crippen molar-refractivity contribution in [1.82, 2.24) is 0 Å². The molecule has 2 aromatic carbocycles. The van der Waals surface area contributed by atoms with Crippen molar-refractivity contribution in [3.8, 4) is 11.5 Å². The summed E-state index contributed by atoms with van der Waals surface area (Å²) >= 11 is 5.95.